The Kier molecular flexibility index (Phi) is 3.67. The third kappa shape index (κ3) is 3.86. The lowest BCUT2D eigenvalue weighted by Gasteiger charge is -2.02. The molecular formula is C8H12F3N3O. The predicted octanol–water partition coefficient (Wildman–Crippen LogP) is 1.63. The van der Waals surface area contributed by atoms with E-state index in [2.05, 4.69) is 14.7 Å². The van der Waals surface area contributed by atoms with Gasteiger partial charge in [-0.15, -0.1) is 0 Å². The molecule has 1 atom stereocenters. The van der Waals surface area contributed by atoms with E-state index < -0.39 is 12.6 Å². The van der Waals surface area contributed by atoms with E-state index in [9.17, 15) is 13.2 Å². The fourth-order valence-corrected chi connectivity index (χ4v) is 0.924. The van der Waals surface area contributed by atoms with Crippen molar-refractivity contribution >= 4 is 0 Å². The molecule has 0 bridgehead atoms. The molecule has 1 unspecified atom stereocenters. The summed E-state index contributed by atoms with van der Waals surface area (Å²) in [5.41, 5.74) is 5.35. The number of alkyl halides is 3. The second-order valence-corrected chi connectivity index (χ2v) is 3.30. The van der Waals surface area contributed by atoms with Crippen molar-refractivity contribution in [2.24, 2.45) is 5.73 Å². The average molecular weight is 223 g/mol. The van der Waals surface area contributed by atoms with Crippen molar-refractivity contribution in [3.05, 3.63) is 11.7 Å². The molecule has 0 fully saturated rings. The maximum absolute atomic E-state index is 11.9. The van der Waals surface area contributed by atoms with Gasteiger partial charge in [-0.3, -0.25) is 0 Å². The minimum absolute atomic E-state index is 0.00243. The first-order chi connectivity index (χ1) is 6.92. The highest BCUT2D eigenvalue weighted by atomic mass is 19.4. The van der Waals surface area contributed by atoms with Crippen LogP contribution in [0.15, 0.2) is 4.52 Å². The highest BCUT2D eigenvalue weighted by molar-refractivity contribution is 4.94. The Morgan fingerprint density at radius 1 is 1.47 bits per heavy atom. The van der Waals surface area contributed by atoms with E-state index in [1.165, 1.54) is 0 Å². The van der Waals surface area contributed by atoms with Gasteiger partial charge in [0.15, 0.2) is 5.82 Å². The molecule has 0 amide bonds. The molecule has 1 aromatic rings. The number of nitrogens with zero attached hydrogens (tertiary/aromatic N) is 2. The average Bonchev–Trinajstić information content (AvgIpc) is 2.61. The van der Waals surface area contributed by atoms with E-state index in [1.54, 1.807) is 6.92 Å². The van der Waals surface area contributed by atoms with Gasteiger partial charge in [-0.25, -0.2) is 0 Å². The molecule has 0 saturated carbocycles. The highest BCUT2D eigenvalue weighted by Crippen LogP contribution is 2.21. The molecule has 1 aromatic heterocycles. The molecule has 86 valence electrons. The zero-order valence-electron chi connectivity index (χ0n) is 8.21. The summed E-state index contributed by atoms with van der Waals surface area (Å²) in [6, 6.07) is 0. The van der Waals surface area contributed by atoms with Crippen LogP contribution in [0.25, 0.3) is 0 Å². The molecule has 0 aliphatic carbocycles. The molecule has 4 nitrogen and oxygen atoms in total. The topological polar surface area (TPSA) is 64.9 Å². The van der Waals surface area contributed by atoms with Crippen molar-refractivity contribution in [1.82, 2.24) is 10.1 Å². The number of rotatable bonds is 4. The lowest BCUT2D eigenvalue weighted by atomic mass is 10.2. The third-order valence-corrected chi connectivity index (χ3v) is 1.90. The summed E-state index contributed by atoms with van der Waals surface area (Å²) in [5, 5.41) is 3.55. The van der Waals surface area contributed by atoms with E-state index in [0.29, 0.717) is 12.4 Å². The van der Waals surface area contributed by atoms with Crippen LogP contribution < -0.4 is 5.73 Å². The van der Waals surface area contributed by atoms with Crippen LogP contribution in [0.1, 0.15) is 31.0 Å². The molecule has 0 radical (unpaired) electrons. The Morgan fingerprint density at radius 3 is 2.67 bits per heavy atom. The van der Waals surface area contributed by atoms with Gasteiger partial charge in [-0.2, -0.15) is 18.2 Å². The summed E-state index contributed by atoms with van der Waals surface area (Å²) < 4.78 is 40.3. The van der Waals surface area contributed by atoms with Gasteiger partial charge in [0, 0.05) is 18.9 Å². The van der Waals surface area contributed by atoms with Gasteiger partial charge in [0.1, 0.15) is 0 Å². The Hall–Kier alpha value is -1.11. The number of hydrogen-bond acceptors (Lipinski definition) is 4. The minimum atomic E-state index is -4.20. The molecule has 7 heteroatoms. The van der Waals surface area contributed by atoms with Crippen molar-refractivity contribution in [2.75, 3.05) is 6.54 Å². The first kappa shape index (κ1) is 12.0. The summed E-state index contributed by atoms with van der Waals surface area (Å²) in [5.74, 6) is 0.255. The summed E-state index contributed by atoms with van der Waals surface area (Å²) in [6.07, 6.45) is -5.44. The van der Waals surface area contributed by atoms with Gasteiger partial charge in [-0.05, 0) is 0 Å². The van der Waals surface area contributed by atoms with Gasteiger partial charge in [-0.1, -0.05) is 12.1 Å². The Bertz CT molecular complexity index is 310. The van der Waals surface area contributed by atoms with Crippen molar-refractivity contribution in [3.63, 3.8) is 0 Å². The fourth-order valence-electron chi connectivity index (χ4n) is 0.924. The van der Waals surface area contributed by atoms with E-state index in [4.69, 9.17) is 5.73 Å². The van der Waals surface area contributed by atoms with Crippen LogP contribution in [0.4, 0.5) is 13.2 Å². The Balaban J connectivity index is 2.53. The normalized spacial score (nSPS) is 14.2. The number of aryl methyl sites for hydroxylation is 1. The van der Waals surface area contributed by atoms with Crippen molar-refractivity contribution in [1.29, 1.82) is 0 Å². The van der Waals surface area contributed by atoms with Crippen molar-refractivity contribution < 1.29 is 17.7 Å². The first-order valence-corrected chi connectivity index (χ1v) is 4.51. The molecule has 0 saturated heterocycles. The minimum Gasteiger partial charge on any atom is -0.339 e. The number of halogens is 3. The monoisotopic (exact) mass is 223 g/mol. The second kappa shape index (κ2) is 4.61. The summed E-state index contributed by atoms with van der Waals surface area (Å²) in [7, 11) is 0. The van der Waals surface area contributed by atoms with Crippen LogP contribution in [0.5, 0.6) is 0 Å². The molecule has 0 aromatic carbocycles. The van der Waals surface area contributed by atoms with Crippen molar-refractivity contribution in [2.45, 2.75) is 31.9 Å². The fraction of sp³-hybridized carbons (Fsp3) is 0.750. The quantitative estimate of drug-likeness (QED) is 0.842. The van der Waals surface area contributed by atoms with Gasteiger partial charge >= 0.3 is 6.18 Å². The smallest absolute Gasteiger partial charge is 0.339 e. The number of aromatic nitrogens is 2. The lowest BCUT2D eigenvalue weighted by molar-refractivity contribution is -0.134. The summed E-state index contributed by atoms with van der Waals surface area (Å²) >= 11 is 0. The summed E-state index contributed by atoms with van der Waals surface area (Å²) in [6.45, 7) is 2.11. The Labute approximate surface area is 84.6 Å². The molecule has 0 aliphatic rings. The van der Waals surface area contributed by atoms with Crippen LogP contribution in [-0.4, -0.2) is 22.9 Å². The van der Waals surface area contributed by atoms with Gasteiger partial charge in [0.2, 0.25) is 5.89 Å². The van der Waals surface area contributed by atoms with Crippen LogP contribution in [0.2, 0.25) is 0 Å². The first-order valence-electron chi connectivity index (χ1n) is 4.51. The van der Waals surface area contributed by atoms with Gasteiger partial charge in [0.25, 0.3) is 0 Å². The standard InChI is InChI=1S/C8H12F3N3O/c1-5(4-12)7-13-6(15-14-7)2-3-8(9,10)11/h5H,2-4,12H2,1H3. The van der Waals surface area contributed by atoms with E-state index in [1.807, 2.05) is 0 Å². The maximum atomic E-state index is 11.9. The zero-order valence-corrected chi connectivity index (χ0v) is 8.21. The molecule has 15 heavy (non-hydrogen) atoms. The predicted molar refractivity (Wildman–Crippen MR) is 46.1 cm³/mol. The van der Waals surface area contributed by atoms with Crippen LogP contribution in [-0.2, 0) is 6.42 Å². The molecular weight excluding hydrogens is 211 g/mol. The second-order valence-electron chi connectivity index (χ2n) is 3.30. The number of hydrogen-bond donors (Lipinski definition) is 1. The molecule has 0 aliphatic heterocycles. The van der Waals surface area contributed by atoms with Crippen LogP contribution in [0, 0.1) is 0 Å². The van der Waals surface area contributed by atoms with Crippen LogP contribution >= 0.6 is 0 Å². The van der Waals surface area contributed by atoms with E-state index in [-0.39, 0.29) is 18.2 Å². The lowest BCUT2D eigenvalue weighted by Crippen LogP contribution is -2.11. The molecule has 1 rings (SSSR count). The summed E-state index contributed by atoms with van der Waals surface area (Å²) in [4.78, 5) is 3.83. The largest absolute Gasteiger partial charge is 0.389 e. The SMILES string of the molecule is CC(CN)c1noc(CCC(F)(F)F)n1. The molecule has 2 N–H and O–H groups in total. The van der Waals surface area contributed by atoms with Crippen LogP contribution in [0.3, 0.4) is 0 Å². The third-order valence-electron chi connectivity index (χ3n) is 1.90. The van der Waals surface area contributed by atoms with E-state index >= 15 is 0 Å². The molecule has 0 spiro atoms. The Morgan fingerprint density at radius 2 is 2.13 bits per heavy atom. The number of nitrogens with two attached hydrogens (primary N) is 1. The zero-order chi connectivity index (χ0) is 11.5. The molecule has 1 heterocycles. The van der Waals surface area contributed by atoms with Crippen molar-refractivity contribution in [3.8, 4) is 0 Å². The van der Waals surface area contributed by atoms with Gasteiger partial charge in [0.05, 0.1) is 6.42 Å². The highest BCUT2D eigenvalue weighted by Gasteiger charge is 2.28. The maximum Gasteiger partial charge on any atom is 0.389 e. The van der Waals surface area contributed by atoms with Gasteiger partial charge < -0.3 is 10.3 Å². The van der Waals surface area contributed by atoms with E-state index in [0.717, 1.165) is 0 Å².